The van der Waals surface area contributed by atoms with Crippen molar-refractivity contribution in [2.45, 2.75) is 40.5 Å². The molecule has 134 valence electrons. The minimum Gasteiger partial charge on any atom is -0.338 e. The predicted octanol–water partition coefficient (Wildman–Crippen LogP) is 1.41. The van der Waals surface area contributed by atoms with Crippen LogP contribution in [0.2, 0.25) is 0 Å². The van der Waals surface area contributed by atoms with Crippen LogP contribution < -0.4 is 10.2 Å². The highest BCUT2D eigenvalue weighted by atomic mass is 16.2. The zero-order chi connectivity index (χ0) is 18.1. The SMILES string of the molecule is CCCN(CCC)C(=O)C[NH+](C)CC(=O)Nc1cccc(C)c1C. The minimum atomic E-state index is -0.0634. The van der Waals surface area contributed by atoms with Gasteiger partial charge in [0.05, 0.1) is 7.05 Å². The van der Waals surface area contributed by atoms with E-state index in [4.69, 9.17) is 0 Å². The number of quaternary nitrogens is 1. The molecule has 0 aliphatic carbocycles. The van der Waals surface area contributed by atoms with Gasteiger partial charge in [0.25, 0.3) is 11.8 Å². The van der Waals surface area contributed by atoms with E-state index in [1.807, 2.05) is 44.0 Å². The summed E-state index contributed by atoms with van der Waals surface area (Å²) in [6, 6.07) is 5.87. The van der Waals surface area contributed by atoms with Crippen LogP contribution in [0.3, 0.4) is 0 Å². The van der Waals surface area contributed by atoms with Crippen molar-refractivity contribution >= 4 is 17.5 Å². The molecule has 5 nitrogen and oxygen atoms in total. The number of likely N-dealkylation sites (N-methyl/N-ethyl adjacent to an activating group) is 1. The number of hydrogen-bond donors (Lipinski definition) is 2. The molecular weight excluding hydrogens is 302 g/mol. The zero-order valence-electron chi connectivity index (χ0n) is 15.7. The molecule has 0 heterocycles. The van der Waals surface area contributed by atoms with Gasteiger partial charge in [-0.05, 0) is 43.9 Å². The predicted molar refractivity (Wildman–Crippen MR) is 98.3 cm³/mol. The highest BCUT2D eigenvalue weighted by molar-refractivity contribution is 5.92. The molecule has 2 N–H and O–H groups in total. The maximum Gasteiger partial charge on any atom is 0.279 e. The zero-order valence-corrected chi connectivity index (χ0v) is 15.7. The summed E-state index contributed by atoms with van der Waals surface area (Å²) >= 11 is 0. The van der Waals surface area contributed by atoms with Crippen molar-refractivity contribution in [1.82, 2.24) is 4.90 Å². The quantitative estimate of drug-likeness (QED) is 0.717. The first kappa shape index (κ1) is 20.2. The number of hydrogen-bond acceptors (Lipinski definition) is 2. The Balaban J connectivity index is 2.54. The van der Waals surface area contributed by atoms with Gasteiger partial charge >= 0.3 is 0 Å². The highest BCUT2D eigenvalue weighted by Gasteiger charge is 2.19. The highest BCUT2D eigenvalue weighted by Crippen LogP contribution is 2.17. The van der Waals surface area contributed by atoms with Crippen LogP contribution in [0.4, 0.5) is 5.69 Å². The summed E-state index contributed by atoms with van der Waals surface area (Å²) in [4.78, 5) is 27.4. The number of benzene rings is 1. The smallest absolute Gasteiger partial charge is 0.279 e. The standard InChI is InChI=1S/C19H31N3O2/c1-6-11-22(12-7-2)19(24)14-21(5)13-18(23)20-17-10-8-9-15(3)16(17)4/h8-10H,6-7,11-14H2,1-5H3,(H,20,23)/p+1. The molecule has 0 bridgehead atoms. The van der Waals surface area contributed by atoms with Gasteiger partial charge in [0.2, 0.25) is 0 Å². The van der Waals surface area contributed by atoms with Crippen LogP contribution in [0.15, 0.2) is 18.2 Å². The summed E-state index contributed by atoms with van der Waals surface area (Å²) in [7, 11) is 1.89. The van der Waals surface area contributed by atoms with Crippen molar-refractivity contribution in [2.24, 2.45) is 0 Å². The van der Waals surface area contributed by atoms with Crippen LogP contribution in [0.25, 0.3) is 0 Å². The van der Waals surface area contributed by atoms with E-state index in [-0.39, 0.29) is 18.4 Å². The molecule has 0 aromatic heterocycles. The fraction of sp³-hybridized carbons (Fsp3) is 0.579. The van der Waals surface area contributed by atoms with Gasteiger partial charge in [-0.25, -0.2) is 0 Å². The number of carbonyl (C=O) groups is 2. The van der Waals surface area contributed by atoms with Gasteiger partial charge in [0.15, 0.2) is 13.1 Å². The lowest BCUT2D eigenvalue weighted by Crippen LogP contribution is -3.11. The fourth-order valence-corrected chi connectivity index (χ4v) is 2.69. The Morgan fingerprint density at radius 1 is 1.08 bits per heavy atom. The van der Waals surface area contributed by atoms with Crippen LogP contribution in [0.1, 0.15) is 37.8 Å². The van der Waals surface area contributed by atoms with Crippen molar-refractivity contribution in [3.63, 3.8) is 0 Å². The molecule has 0 radical (unpaired) electrons. The molecule has 24 heavy (non-hydrogen) atoms. The van der Waals surface area contributed by atoms with Gasteiger partial charge in [-0.2, -0.15) is 0 Å². The lowest BCUT2D eigenvalue weighted by Gasteiger charge is -2.23. The van der Waals surface area contributed by atoms with E-state index in [1.54, 1.807) is 0 Å². The van der Waals surface area contributed by atoms with E-state index in [0.29, 0.717) is 6.54 Å². The van der Waals surface area contributed by atoms with Crippen molar-refractivity contribution in [2.75, 3.05) is 38.5 Å². The molecule has 2 amide bonds. The Kier molecular flexibility index (Phi) is 8.47. The number of amides is 2. The van der Waals surface area contributed by atoms with E-state index >= 15 is 0 Å². The van der Waals surface area contributed by atoms with Gasteiger partial charge in [-0.1, -0.05) is 26.0 Å². The lowest BCUT2D eigenvalue weighted by molar-refractivity contribution is -0.862. The lowest BCUT2D eigenvalue weighted by atomic mass is 10.1. The second-order valence-corrected chi connectivity index (χ2v) is 6.49. The van der Waals surface area contributed by atoms with Crippen LogP contribution in [0.5, 0.6) is 0 Å². The second kappa shape index (κ2) is 10.1. The third kappa shape index (κ3) is 6.32. The molecule has 0 saturated heterocycles. The van der Waals surface area contributed by atoms with E-state index in [9.17, 15) is 9.59 Å². The number of anilines is 1. The Morgan fingerprint density at radius 2 is 1.71 bits per heavy atom. The molecule has 0 aliphatic heterocycles. The third-order valence-corrected chi connectivity index (χ3v) is 4.13. The van der Waals surface area contributed by atoms with Crippen molar-refractivity contribution < 1.29 is 14.5 Å². The van der Waals surface area contributed by atoms with Gasteiger partial charge in [0, 0.05) is 18.8 Å². The molecule has 0 fully saturated rings. The molecule has 1 rings (SSSR count). The molecule has 1 unspecified atom stereocenters. The van der Waals surface area contributed by atoms with E-state index in [2.05, 4.69) is 19.2 Å². The Labute approximate surface area is 146 Å². The number of aryl methyl sites for hydroxylation is 1. The van der Waals surface area contributed by atoms with Gasteiger partial charge in [0.1, 0.15) is 0 Å². The number of rotatable bonds is 9. The summed E-state index contributed by atoms with van der Waals surface area (Å²) in [5.74, 6) is 0.0577. The summed E-state index contributed by atoms with van der Waals surface area (Å²) in [6.45, 7) is 10.4. The van der Waals surface area contributed by atoms with Crippen LogP contribution in [0, 0.1) is 13.8 Å². The van der Waals surface area contributed by atoms with Crippen LogP contribution >= 0.6 is 0 Å². The molecule has 5 heteroatoms. The molecule has 0 aliphatic rings. The minimum absolute atomic E-state index is 0.0634. The van der Waals surface area contributed by atoms with Crippen LogP contribution in [-0.4, -0.2) is 49.9 Å². The molecule has 1 atom stereocenters. The summed E-state index contributed by atoms with van der Waals surface area (Å²) in [5.41, 5.74) is 3.08. The first-order valence-corrected chi connectivity index (χ1v) is 8.84. The van der Waals surface area contributed by atoms with E-state index in [1.165, 1.54) is 0 Å². The average molecular weight is 334 g/mol. The molecular formula is C19H32N3O2+. The average Bonchev–Trinajstić information content (AvgIpc) is 2.51. The molecule has 1 aromatic rings. The van der Waals surface area contributed by atoms with Crippen LogP contribution in [-0.2, 0) is 9.59 Å². The normalized spacial score (nSPS) is 11.9. The van der Waals surface area contributed by atoms with Crippen molar-refractivity contribution in [3.8, 4) is 0 Å². The van der Waals surface area contributed by atoms with Gasteiger partial charge in [-0.15, -0.1) is 0 Å². The second-order valence-electron chi connectivity index (χ2n) is 6.49. The monoisotopic (exact) mass is 334 g/mol. The maximum atomic E-state index is 12.3. The Morgan fingerprint density at radius 3 is 2.29 bits per heavy atom. The largest absolute Gasteiger partial charge is 0.338 e. The van der Waals surface area contributed by atoms with Crippen molar-refractivity contribution in [1.29, 1.82) is 0 Å². The first-order chi connectivity index (χ1) is 11.4. The molecule has 0 saturated carbocycles. The van der Waals surface area contributed by atoms with Gasteiger partial charge < -0.3 is 15.1 Å². The maximum absolute atomic E-state index is 12.3. The number of nitrogens with zero attached hydrogens (tertiary/aromatic N) is 1. The van der Waals surface area contributed by atoms with Crippen molar-refractivity contribution in [3.05, 3.63) is 29.3 Å². The van der Waals surface area contributed by atoms with E-state index in [0.717, 1.165) is 47.6 Å². The number of nitrogens with one attached hydrogen (secondary N) is 2. The molecule has 1 aromatic carbocycles. The third-order valence-electron chi connectivity index (χ3n) is 4.13. The topological polar surface area (TPSA) is 53.9 Å². The summed E-state index contributed by atoms with van der Waals surface area (Å²) in [6.07, 6.45) is 1.91. The fourth-order valence-electron chi connectivity index (χ4n) is 2.69. The summed E-state index contributed by atoms with van der Waals surface area (Å²) in [5, 5.41) is 2.95. The molecule has 0 spiro atoms. The Bertz CT molecular complexity index is 552. The Hall–Kier alpha value is -1.88. The summed E-state index contributed by atoms with van der Waals surface area (Å²) < 4.78 is 0. The van der Waals surface area contributed by atoms with E-state index < -0.39 is 0 Å². The first-order valence-electron chi connectivity index (χ1n) is 8.84. The number of carbonyl (C=O) groups excluding carboxylic acids is 2. The van der Waals surface area contributed by atoms with Gasteiger partial charge in [-0.3, -0.25) is 9.59 Å².